The Balaban J connectivity index is 1.56. The van der Waals surface area contributed by atoms with Crippen molar-refractivity contribution < 1.29 is 33.7 Å². The van der Waals surface area contributed by atoms with Crippen LogP contribution in [0.5, 0.6) is 5.75 Å². The van der Waals surface area contributed by atoms with Crippen LogP contribution in [0.1, 0.15) is 52.0 Å². The number of carboxylic acid groups (broad SMARTS) is 1. The number of carbonyl (C=O) groups excluding carboxylic acids is 2. The summed E-state index contributed by atoms with van der Waals surface area (Å²) in [5.41, 5.74) is 0.927. The van der Waals surface area contributed by atoms with Gasteiger partial charge in [0.15, 0.2) is 12.4 Å². The van der Waals surface area contributed by atoms with E-state index in [0.717, 1.165) is 32.3 Å². The Morgan fingerprint density at radius 1 is 0.743 bits per heavy atom. The van der Waals surface area contributed by atoms with Crippen LogP contribution < -0.4 is 10.1 Å². The SMILES string of the molecule is O=C(COc1ccc(C(=O)c2ccc(C(=O)O)cc2)cc1)NCCOCCOCCCCCCCl. The molecule has 0 fully saturated rings. The van der Waals surface area contributed by atoms with Crippen molar-refractivity contribution in [3.63, 3.8) is 0 Å². The minimum atomic E-state index is -1.05. The van der Waals surface area contributed by atoms with Crippen LogP contribution in [0.25, 0.3) is 0 Å². The number of alkyl halides is 1. The van der Waals surface area contributed by atoms with E-state index in [0.29, 0.717) is 49.1 Å². The zero-order chi connectivity index (χ0) is 25.3. The largest absolute Gasteiger partial charge is 0.484 e. The highest BCUT2D eigenvalue weighted by atomic mass is 35.5. The molecule has 0 saturated carbocycles. The van der Waals surface area contributed by atoms with Crippen LogP contribution in [0, 0.1) is 0 Å². The summed E-state index contributed by atoms with van der Waals surface area (Å²) in [6, 6.07) is 12.1. The zero-order valence-corrected chi connectivity index (χ0v) is 20.4. The number of rotatable bonds is 18. The molecule has 35 heavy (non-hydrogen) atoms. The van der Waals surface area contributed by atoms with Crippen LogP contribution in [0.15, 0.2) is 48.5 Å². The molecule has 0 atom stereocenters. The number of halogens is 1. The van der Waals surface area contributed by atoms with Crippen molar-refractivity contribution in [3.05, 3.63) is 65.2 Å². The number of hydrogen-bond acceptors (Lipinski definition) is 6. The van der Waals surface area contributed by atoms with Crippen molar-refractivity contribution in [1.29, 1.82) is 0 Å². The number of carboxylic acids is 1. The summed E-state index contributed by atoms with van der Waals surface area (Å²) >= 11 is 5.63. The molecule has 190 valence electrons. The maximum absolute atomic E-state index is 12.5. The molecule has 0 radical (unpaired) electrons. The third kappa shape index (κ3) is 11.4. The van der Waals surface area contributed by atoms with E-state index in [9.17, 15) is 14.4 Å². The lowest BCUT2D eigenvalue weighted by Crippen LogP contribution is -2.31. The smallest absolute Gasteiger partial charge is 0.335 e. The van der Waals surface area contributed by atoms with Gasteiger partial charge < -0.3 is 24.6 Å². The quantitative estimate of drug-likeness (QED) is 0.179. The molecule has 0 aliphatic heterocycles. The molecule has 1 amide bonds. The molecule has 8 nitrogen and oxygen atoms in total. The van der Waals surface area contributed by atoms with Crippen LogP contribution in [0.4, 0.5) is 0 Å². The van der Waals surface area contributed by atoms with Gasteiger partial charge in [0.2, 0.25) is 0 Å². The summed E-state index contributed by atoms with van der Waals surface area (Å²) < 4.78 is 16.4. The molecule has 0 heterocycles. The van der Waals surface area contributed by atoms with Crippen LogP contribution in [-0.4, -0.2) is 68.2 Å². The average Bonchev–Trinajstić information content (AvgIpc) is 2.88. The lowest BCUT2D eigenvalue weighted by atomic mass is 10.0. The Labute approximate surface area is 210 Å². The van der Waals surface area contributed by atoms with Crippen molar-refractivity contribution in [2.75, 3.05) is 45.5 Å². The van der Waals surface area contributed by atoms with Crippen LogP contribution >= 0.6 is 11.6 Å². The van der Waals surface area contributed by atoms with Crippen LogP contribution in [-0.2, 0) is 14.3 Å². The Bertz CT molecular complexity index is 916. The molecule has 9 heteroatoms. The molecule has 0 spiro atoms. The zero-order valence-electron chi connectivity index (χ0n) is 19.7. The Morgan fingerprint density at radius 2 is 1.31 bits per heavy atom. The van der Waals surface area contributed by atoms with Gasteiger partial charge >= 0.3 is 5.97 Å². The van der Waals surface area contributed by atoms with Gasteiger partial charge in [0.1, 0.15) is 5.75 Å². The summed E-state index contributed by atoms with van der Waals surface area (Å²) in [4.78, 5) is 35.4. The minimum absolute atomic E-state index is 0.115. The second kappa shape index (κ2) is 16.6. The number of ether oxygens (including phenoxy) is 3. The number of hydrogen-bond donors (Lipinski definition) is 2. The van der Waals surface area contributed by atoms with E-state index in [1.807, 2.05) is 0 Å². The van der Waals surface area contributed by atoms with E-state index in [4.69, 9.17) is 30.9 Å². The fourth-order valence-corrected chi connectivity index (χ4v) is 3.26. The highest BCUT2D eigenvalue weighted by Gasteiger charge is 2.11. The van der Waals surface area contributed by atoms with Gasteiger partial charge in [0.05, 0.1) is 25.4 Å². The summed E-state index contributed by atoms with van der Waals surface area (Å²) in [5.74, 6) is -0.400. The highest BCUT2D eigenvalue weighted by molar-refractivity contribution is 6.17. The first-order chi connectivity index (χ1) is 17.0. The second-order valence-corrected chi connectivity index (χ2v) is 8.08. The number of ketones is 1. The predicted octanol–water partition coefficient (Wildman–Crippen LogP) is 3.94. The molecule has 0 unspecified atom stereocenters. The van der Waals surface area contributed by atoms with Gasteiger partial charge in [-0.05, 0) is 49.2 Å². The van der Waals surface area contributed by atoms with E-state index >= 15 is 0 Å². The van der Waals surface area contributed by atoms with Crippen LogP contribution in [0.3, 0.4) is 0 Å². The summed E-state index contributed by atoms with van der Waals surface area (Å²) in [5, 5.41) is 11.7. The van der Waals surface area contributed by atoms with Gasteiger partial charge in [-0.2, -0.15) is 0 Å². The number of aromatic carboxylic acids is 1. The number of unbranched alkanes of at least 4 members (excludes halogenated alkanes) is 3. The molecule has 2 N–H and O–H groups in total. The van der Waals surface area contributed by atoms with Crippen molar-refractivity contribution in [1.82, 2.24) is 5.32 Å². The van der Waals surface area contributed by atoms with Crippen molar-refractivity contribution in [2.45, 2.75) is 25.7 Å². The Kier molecular flexibility index (Phi) is 13.5. The molecule has 0 saturated heterocycles. The normalized spacial score (nSPS) is 10.7. The van der Waals surface area contributed by atoms with E-state index in [2.05, 4.69) is 5.32 Å². The summed E-state index contributed by atoms with van der Waals surface area (Å²) in [7, 11) is 0. The molecule has 0 bridgehead atoms. The van der Waals surface area contributed by atoms with Gasteiger partial charge in [0.25, 0.3) is 5.91 Å². The van der Waals surface area contributed by atoms with Crippen molar-refractivity contribution in [3.8, 4) is 5.75 Å². The molecular formula is C26H32ClNO7. The first-order valence-corrected chi connectivity index (χ1v) is 12.1. The third-order valence-electron chi connectivity index (χ3n) is 4.99. The average molecular weight is 506 g/mol. The van der Waals surface area contributed by atoms with Gasteiger partial charge in [-0.15, -0.1) is 11.6 Å². The summed E-state index contributed by atoms with van der Waals surface area (Å²) in [6.07, 6.45) is 4.32. The Morgan fingerprint density at radius 3 is 1.94 bits per heavy atom. The molecule has 2 aromatic carbocycles. The Hall–Kier alpha value is -2.94. The fraction of sp³-hybridized carbons (Fsp3) is 0.423. The van der Waals surface area contributed by atoms with Gasteiger partial charge in [0, 0.05) is 30.2 Å². The number of benzene rings is 2. The maximum Gasteiger partial charge on any atom is 0.335 e. The molecule has 0 aliphatic carbocycles. The lowest BCUT2D eigenvalue weighted by Gasteiger charge is -2.09. The standard InChI is InChI=1S/C26H32ClNO7/c27-13-3-1-2-4-15-33-17-18-34-16-14-28-24(29)19-35-23-11-9-21(10-12-23)25(30)20-5-7-22(8-6-20)26(31)32/h5-12H,1-4,13-19H2,(H,28,29)(H,31,32). The fourth-order valence-electron chi connectivity index (χ4n) is 3.07. The summed E-state index contributed by atoms with van der Waals surface area (Å²) in [6.45, 7) is 2.32. The molecule has 0 aliphatic rings. The van der Waals surface area contributed by atoms with Crippen molar-refractivity contribution >= 4 is 29.3 Å². The predicted molar refractivity (Wildman–Crippen MR) is 133 cm³/mol. The maximum atomic E-state index is 12.5. The topological polar surface area (TPSA) is 111 Å². The van der Waals surface area contributed by atoms with Gasteiger partial charge in [-0.1, -0.05) is 25.0 Å². The van der Waals surface area contributed by atoms with Gasteiger partial charge in [-0.25, -0.2) is 4.79 Å². The van der Waals surface area contributed by atoms with E-state index in [1.54, 1.807) is 24.3 Å². The molecule has 2 aromatic rings. The van der Waals surface area contributed by atoms with Crippen LogP contribution in [0.2, 0.25) is 0 Å². The molecule has 0 aromatic heterocycles. The number of nitrogens with one attached hydrogen (secondary N) is 1. The van der Waals surface area contributed by atoms with Crippen molar-refractivity contribution in [2.24, 2.45) is 0 Å². The lowest BCUT2D eigenvalue weighted by molar-refractivity contribution is -0.123. The third-order valence-corrected chi connectivity index (χ3v) is 5.26. The molecule has 2 rings (SSSR count). The minimum Gasteiger partial charge on any atom is -0.484 e. The second-order valence-electron chi connectivity index (χ2n) is 7.70. The van der Waals surface area contributed by atoms with E-state index in [-0.39, 0.29) is 23.9 Å². The van der Waals surface area contributed by atoms with E-state index in [1.165, 1.54) is 24.3 Å². The number of carbonyl (C=O) groups is 3. The van der Waals surface area contributed by atoms with Gasteiger partial charge in [-0.3, -0.25) is 9.59 Å². The van der Waals surface area contributed by atoms with E-state index < -0.39 is 5.97 Å². The first kappa shape index (κ1) is 28.3. The highest BCUT2D eigenvalue weighted by Crippen LogP contribution is 2.16. The monoisotopic (exact) mass is 505 g/mol. The number of amides is 1. The molecular weight excluding hydrogens is 474 g/mol. The first-order valence-electron chi connectivity index (χ1n) is 11.6.